The molecule has 1 aliphatic heterocycles. The first kappa shape index (κ1) is 12.5. The molecule has 0 spiro atoms. The molecule has 0 aromatic rings. The Hall–Kier alpha value is -0.570. The van der Waals surface area contributed by atoms with E-state index in [0.717, 1.165) is 6.42 Å². The van der Waals surface area contributed by atoms with E-state index < -0.39 is 5.60 Å². The van der Waals surface area contributed by atoms with Gasteiger partial charge in [0.25, 0.3) is 0 Å². The lowest BCUT2D eigenvalue weighted by atomic mass is 9.80. The average Bonchev–Trinajstić information content (AvgIpc) is 2.89. The zero-order chi connectivity index (χ0) is 11.7. The van der Waals surface area contributed by atoms with Crippen molar-refractivity contribution in [2.45, 2.75) is 58.7 Å². The second-order valence-electron chi connectivity index (χ2n) is 4.40. The topological polar surface area (TPSA) is 38.8 Å². The molecule has 1 heterocycles. The van der Waals surface area contributed by atoms with Gasteiger partial charge in [-0.05, 0) is 25.7 Å². The van der Waals surface area contributed by atoms with Gasteiger partial charge in [-0.1, -0.05) is 27.7 Å². The molecule has 15 heavy (non-hydrogen) atoms. The summed E-state index contributed by atoms with van der Waals surface area (Å²) in [5.74, 6) is 0.148. The van der Waals surface area contributed by atoms with Gasteiger partial charge in [-0.2, -0.15) is 0 Å². The largest absolute Gasteiger partial charge is 0.464 e. The number of rotatable bonds is 5. The van der Waals surface area contributed by atoms with Crippen molar-refractivity contribution < 1.29 is 14.3 Å². The van der Waals surface area contributed by atoms with Crippen LogP contribution in [0.4, 0.5) is 0 Å². The second kappa shape index (κ2) is 4.12. The number of epoxide rings is 1. The predicted molar refractivity (Wildman–Crippen MR) is 58.6 cm³/mol. The highest BCUT2D eigenvalue weighted by molar-refractivity contribution is 5.85. The van der Waals surface area contributed by atoms with Crippen molar-refractivity contribution in [3.8, 4) is 0 Å². The van der Waals surface area contributed by atoms with Crippen LogP contribution in [0.25, 0.3) is 0 Å². The third-order valence-electron chi connectivity index (χ3n) is 3.56. The fourth-order valence-electron chi connectivity index (χ4n) is 2.61. The maximum Gasteiger partial charge on any atom is 0.341 e. The molecule has 1 rings (SSSR count). The molecule has 88 valence electrons. The molecule has 2 atom stereocenters. The van der Waals surface area contributed by atoms with E-state index in [1.54, 1.807) is 0 Å². The molecule has 1 saturated heterocycles. The Morgan fingerprint density at radius 2 is 1.87 bits per heavy atom. The zero-order valence-electron chi connectivity index (χ0n) is 10.4. The minimum absolute atomic E-state index is 0.192. The number of esters is 1. The highest BCUT2D eigenvalue weighted by atomic mass is 16.7. The summed E-state index contributed by atoms with van der Waals surface area (Å²) in [6, 6.07) is 0. The standard InChI is InChI=1S/C12H22O3/c1-6-11(9(4)5)12(7-2,15-11)10(13)14-8-3/h9H,6-8H2,1-5H3. The zero-order valence-corrected chi connectivity index (χ0v) is 10.4. The molecule has 0 N–H and O–H groups in total. The van der Waals surface area contributed by atoms with Crippen LogP contribution in [0.2, 0.25) is 0 Å². The molecule has 0 aliphatic carbocycles. The van der Waals surface area contributed by atoms with Gasteiger partial charge < -0.3 is 9.47 Å². The van der Waals surface area contributed by atoms with Crippen LogP contribution in [-0.2, 0) is 14.3 Å². The van der Waals surface area contributed by atoms with Gasteiger partial charge in [-0.15, -0.1) is 0 Å². The van der Waals surface area contributed by atoms with Gasteiger partial charge in [-0.25, -0.2) is 4.79 Å². The first-order valence-corrected chi connectivity index (χ1v) is 5.88. The molecule has 3 heteroatoms. The molecule has 0 amide bonds. The average molecular weight is 214 g/mol. The van der Waals surface area contributed by atoms with Crippen LogP contribution in [0.5, 0.6) is 0 Å². The number of ether oxygens (including phenoxy) is 2. The van der Waals surface area contributed by atoms with Crippen molar-refractivity contribution >= 4 is 5.97 Å². The van der Waals surface area contributed by atoms with Crippen LogP contribution < -0.4 is 0 Å². The van der Waals surface area contributed by atoms with Gasteiger partial charge in [0, 0.05) is 0 Å². The summed E-state index contributed by atoms with van der Waals surface area (Å²) in [7, 11) is 0. The van der Waals surface area contributed by atoms with Gasteiger partial charge in [0.1, 0.15) is 5.60 Å². The van der Waals surface area contributed by atoms with Crippen molar-refractivity contribution in [3.05, 3.63) is 0 Å². The molecule has 1 fully saturated rings. The molecule has 0 radical (unpaired) electrons. The maximum absolute atomic E-state index is 11.9. The van der Waals surface area contributed by atoms with E-state index in [2.05, 4.69) is 20.8 Å². The summed E-state index contributed by atoms with van der Waals surface area (Å²) in [6.45, 7) is 10.5. The summed E-state index contributed by atoms with van der Waals surface area (Å²) < 4.78 is 10.9. The smallest absolute Gasteiger partial charge is 0.341 e. The first-order chi connectivity index (χ1) is 7.00. The number of hydrogen-bond acceptors (Lipinski definition) is 3. The van der Waals surface area contributed by atoms with Crippen molar-refractivity contribution in [2.75, 3.05) is 6.61 Å². The lowest BCUT2D eigenvalue weighted by Gasteiger charge is -2.19. The van der Waals surface area contributed by atoms with E-state index in [9.17, 15) is 4.79 Å². The van der Waals surface area contributed by atoms with Gasteiger partial charge in [0.15, 0.2) is 5.60 Å². The Labute approximate surface area is 92.1 Å². The highest BCUT2D eigenvalue weighted by Gasteiger charge is 2.74. The number of carbonyl (C=O) groups excluding carboxylic acids is 1. The molecular weight excluding hydrogens is 192 g/mol. The molecule has 3 nitrogen and oxygen atoms in total. The van der Waals surface area contributed by atoms with E-state index >= 15 is 0 Å². The number of hydrogen-bond donors (Lipinski definition) is 0. The molecular formula is C12H22O3. The van der Waals surface area contributed by atoms with Gasteiger partial charge in [0.05, 0.1) is 6.61 Å². The summed E-state index contributed by atoms with van der Waals surface area (Å²) in [4.78, 5) is 11.9. The Bertz CT molecular complexity index is 249. The molecule has 0 aromatic heterocycles. The maximum atomic E-state index is 11.9. The Kier molecular flexibility index (Phi) is 3.44. The van der Waals surface area contributed by atoms with Crippen LogP contribution in [0.15, 0.2) is 0 Å². The Morgan fingerprint density at radius 1 is 1.27 bits per heavy atom. The monoisotopic (exact) mass is 214 g/mol. The number of carbonyl (C=O) groups is 1. The molecule has 2 unspecified atom stereocenters. The minimum atomic E-state index is -0.675. The third kappa shape index (κ3) is 1.57. The van der Waals surface area contributed by atoms with E-state index in [1.807, 2.05) is 13.8 Å². The quantitative estimate of drug-likeness (QED) is 0.521. The molecule has 1 aliphatic rings. The van der Waals surface area contributed by atoms with Crippen molar-refractivity contribution in [1.82, 2.24) is 0 Å². The molecule has 0 aromatic carbocycles. The van der Waals surface area contributed by atoms with E-state index in [4.69, 9.17) is 9.47 Å². The van der Waals surface area contributed by atoms with Gasteiger partial charge >= 0.3 is 5.97 Å². The summed E-state index contributed by atoms with van der Waals surface area (Å²) in [6.07, 6.45) is 1.55. The van der Waals surface area contributed by atoms with Gasteiger partial charge in [-0.3, -0.25) is 0 Å². The van der Waals surface area contributed by atoms with E-state index in [0.29, 0.717) is 18.9 Å². The van der Waals surface area contributed by atoms with Crippen molar-refractivity contribution in [1.29, 1.82) is 0 Å². The minimum Gasteiger partial charge on any atom is -0.464 e. The Morgan fingerprint density at radius 3 is 2.13 bits per heavy atom. The second-order valence-corrected chi connectivity index (χ2v) is 4.40. The summed E-state index contributed by atoms with van der Waals surface area (Å²) in [5.41, 5.74) is -0.972. The van der Waals surface area contributed by atoms with Crippen LogP contribution >= 0.6 is 0 Å². The normalized spacial score (nSPS) is 34.3. The van der Waals surface area contributed by atoms with E-state index in [1.165, 1.54) is 0 Å². The fraction of sp³-hybridized carbons (Fsp3) is 0.917. The third-order valence-corrected chi connectivity index (χ3v) is 3.56. The van der Waals surface area contributed by atoms with E-state index in [-0.39, 0.29) is 11.6 Å². The SMILES string of the molecule is CCOC(=O)C1(CC)OC1(CC)C(C)C. The van der Waals surface area contributed by atoms with Crippen molar-refractivity contribution in [3.63, 3.8) is 0 Å². The summed E-state index contributed by atoms with van der Waals surface area (Å²) >= 11 is 0. The van der Waals surface area contributed by atoms with Crippen LogP contribution in [0.1, 0.15) is 47.5 Å². The fourth-order valence-corrected chi connectivity index (χ4v) is 2.61. The van der Waals surface area contributed by atoms with Crippen LogP contribution in [0.3, 0.4) is 0 Å². The first-order valence-electron chi connectivity index (χ1n) is 5.88. The highest BCUT2D eigenvalue weighted by Crippen LogP contribution is 2.57. The summed E-state index contributed by atoms with van der Waals surface area (Å²) in [5, 5.41) is 0. The van der Waals surface area contributed by atoms with Crippen LogP contribution in [-0.4, -0.2) is 23.8 Å². The lowest BCUT2D eigenvalue weighted by Crippen LogP contribution is -2.38. The Balaban J connectivity index is 2.87. The predicted octanol–water partition coefficient (Wildman–Crippen LogP) is 2.53. The molecule has 0 bridgehead atoms. The van der Waals surface area contributed by atoms with Gasteiger partial charge in [0.2, 0.25) is 0 Å². The van der Waals surface area contributed by atoms with Crippen molar-refractivity contribution in [2.24, 2.45) is 5.92 Å². The lowest BCUT2D eigenvalue weighted by molar-refractivity contribution is -0.149. The van der Waals surface area contributed by atoms with Crippen LogP contribution in [0, 0.1) is 5.92 Å². The molecule has 0 saturated carbocycles.